The molecule has 3 N–H and O–H groups in total. The number of amides is 1. The maximum absolute atomic E-state index is 11.9. The van der Waals surface area contributed by atoms with E-state index in [1.807, 2.05) is 12.1 Å². The van der Waals surface area contributed by atoms with Gasteiger partial charge in [-0.1, -0.05) is 18.9 Å². The zero-order chi connectivity index (χ0) is 14.7. The standard InChI is InChI=1S/C17H24N2O2/c18-16-7-3-4-12-8-9-14(10-15(12)16)21-11-17(20)19-13-5-1-2-6-13/h8-10,13,16H,1-7,11,18H2,(H,19,20). The van der Waals surface area contributed by atoms with Crippen molar-refractivity contribution >= 4 is 5.91 Å². The predicted octanol–water partition coefficient (Wildman–Crippen LogP) is 2.46. The summed E-state index contributed by atoms with van der Waals surface area (Å²) < 4.78 is 5.62. The van der Waals surface area contributed by atoms with Crippen LogP contribution in [0.2, 0.25) is 0 Å². The van der Waals surface area contributed by atoms with Gasteiger partial charge in [-0.15, -0.1) is 0 Å². The minimum Gasteiger partial charge on any atom is -0.484 e. The highest BCUT2D eigenvalue weighted by atomic mass is 16.5. The SMILES string of the molecule is NC1CCCc2ccc(OCC(=O)NC3CCCC3)cc21. The first-order valence-corrected chi connectivity index (χ1v) is 8.03. The van der Waals surface area contributed by atoms with Crippen molar-refractivity contribution in [1.29, 1.82) is 0 Å². The molecule has 0 radical (unpaired) electrons. The van der Waals surface area contributed by atoms with E-state index in [0.29, 0.717) is 6.04 Å². The van der Waals surface area contributed by atoms with Crippen molar-refractivity contribution in [2.75, 3.05) is 6.61 Å². The van der Waals surface area contributed by atoms with Crippen LogP contribution >= 0.6 is 0 Å². The topological polar surface area (TPSA) is 64.3 Å². The number of hydrogen-bond donors (Lipinski definition) is 2. The molecule has 4 nitrogen and oxygen atoms in total. The van der Waals surface area contributed by atoms with Crippen LogP contribution in [-0.2, 0) is 11.2 Å². The van der Waals surface area contributed by atoms with Gasteiger partial charge in [-0.2, -0.15) is 0 Å². The van der Waals surface area contributed by atoms with E-state index in [1.165, 1.54) is 24.0 Å². The van der Waals surface area contributed by atoms with Gasteiger partial charge in [0.05, 0.1) is 0 Å². The lowest BCUT2D eigenvalue weighted by atomic mass is 9.88. The fourth-order valence-electron chi connectivity index (χ4n) is 3.39. The highest BCUT2D eigenvalue weighted by Gasteiger charge is 2.19. The maximum atomic E-state index is 11.9. The molecule has 0 heterocycles. The summed E-state index contributed by atoms with van der Waals surface area (Å²) in [5.41, 5.74) is 8.64. The molecule has 1 amide bonds. The van der Waals surface area contributed by atoms with Crippen molar-refractivity contribution in [1.82, 2.24) is 5.32 Å². The zero-order valence-electron chi connectivity index (χ0n) is 12.4. The first-order chi connectivity index (χ1) is 10.2. The van der Waals surface area contributed by atoms with Crippen LogP contribution in [0.1, 0.15) is 55.7 Å². The van der Waals surface area contributed by atoms with Gasteiger partial charge in [-0.25, -0.2) is 0 Å². The summed E-state index contributed by atoms with van der Waals surface area (Å²) >= 11 is 0. The minimum atomic E-state index is -0.0241. The van der Waals surface area contributed by atoms with E-state index in [4.69, 9.17) is 10.5 Å². The number of benzene rings is 1. The van der Waals surface area contributed by atoms with Crippen LogP contribution in [0.25, 0.3) is 0 Å². The van der Waals surface area contributed by atoms with Gasteiger partial charge >= 0.3 is 0 Å². The number of rotatable bonds is 4. The molecular weight excluding hydrogens is 264 g/mol. The predicted molar refractivity (Wildman–Crippen MR) is 82.2 cm³/mol. The van der Waals surface area contributed by atoms with E-state index in [-0.39, 0.29) is 18.6 Å². The molecule has 1 unspecified atom stereocenters. The molecule has 1 aromatic rings. The van der Waals surface area contributed by atoms with Crippen molar-refractivity contribution in [3.8, 4) is 5.75 Å². The average molecular weight is 288 g/mol. The second kappa shape index (κ2) is 6.48. The largest absolute Gasteiger partial charge is 0.484 e. The Hall–Kier alpha value is -1.55. The minimum absolute atomic E-state index is 0.0241. The number of ether oxygens (including phenoxy) is 1. The van der Waals surface area contributed by atoms with Gasteiger partial charge in [0.2, 0.25) is 0 Å². The molecule has 3 rings (SSSR count). The molecular formula is C17H24N2O2. The normalized spacial score (nSPS) is 21.9. The molecule has 0 aromatic heterocycles. The van der Waals surface area contributed by atoms with E-state index in [0.717, 1.165) is 37.9 Å². The number of hydrogen-bond acceptors (Lipinski definition) is 3. The van der Waals surface area contributed by atoms with E-state index < -0.39 is 0 Å². The number of fused-ring (bicyclic) bond motifs is 1. The molecule has 0 spiro atoms. The van der Waals surface area contributed by atoms with Crippen molar-refractivity contribution < 1.29 is 9.53 Å². The first-order valence-electron chi connectivity index (χ1n) is 8.03. The second-order valence-corrected chi connectivity index (χ2v) is 6.20. The van der Waals surface area contributed by atoms with Crippen LogP contribution in [0.3, 0.4) is 0 Å². The molecule has 4 heteroatoms. The van der Waals surface area contributed by atoms with Crippen molar-refractivity contribution in [3.63, 3.8) is 0 Å². The van der Waals surface area contributed by atoms with Gasteiger partial charge in [0.15, 0.2) is 6.61 Å². The Labute approximate surface area is 126 Å². The Morgan fingerprint density at radius 3 is 2.86 bits per heavy atom. The molecule has 1 saturated carbocycles. The Morgan fingerprint density at radius 1 is 1.24 bits per heavy atom. The summed E-state index contributed by atoms with van der Waals surface area (Å²) in [6.45, 7) is 0.0878. The molecule has 2 aliphatic rings. The molecule has 1 atom stereocenters. The quantitative estimate of drug-likeness (QED) is 0.894. The molecule has 2 aliphatic carbocycles. The smallest absolute Gasteiger partial charge is 0.258 e. The summed E-state index contributed by atoms with van der Waals surface area (Å²) in [7, 11) is 0. The third-order valence-electron chi connectivity index (χ3n) is 4.57. The van der Waals surface area contributed by atoms with Crippen LogP contribution in [0.5, 0.6) is 5.75 Å². The average Bonchev–Trinajstić information content (AvgIpc) is 2.98. The Kier molecular flexibility index (Phi) is 4.44. The van der Waals surface area contributed by atoms with Crippen molar-refractivity contribution in [3.05, 3.63) is 29.3 Å². The number of aryl methyl sites for hydroxylation is 1. The summed E-state index contributed by atoms with van der Waals surface area (Å²) in [6.07, 6.45) is 7.89. The van der Waals surface area contributed by atoms with Gasteiger partial charge < -0.3 is 15.8 Å². The lowest BCUT2D eigenvalue weighted by Gasteiger charge is -2.22. The van der Waals surface area contributed by atoms with Gasteiger partial charge in [-0.05, 0) is 55.4 Å². The van der Waals surface area contributed by atoms with Gasteiger partial charge in [0, 0.05) is 12.1 Å². The molecule has 0 bridgehead atoms. The highest BCUT2D eigenvalue weighted by molar-refractivity contribution is 5.77. The van der Waals surface area contributed by atoms with E-state index >= 15 is 0 Å². The summed E-state index contributed by atoms with van der Waals surface area (Å²) in [6, 6.07) is 6.47. The maximum Gasteiger partial charge on any atom is 0.258 e. The fraction of sp³-hybridized carbons (Fsp3) is 0.588. The van der Waals surface area contributed by atoms with Crippen LogP contribution in [0.15, 0.2) is 18.2 Å². The van der Waals surface area contributed by atoms with Crippen LogP contribution in [0.4, 0.5) is 0 Å². The van der Waals surface area contributed by atoms with Crippen LogP contribution in [-0.4, -0.2) is 18.6 Å². The van der Waals surface area contributed by atoms with E-state index in [2.05, 4.69) is 11.4 Å². The Bertz CT molecular complexity index is 510. The number of carbonyl (C=O) groups excluding carboxylic acids is 1. The molecule has 1 aromatic carbocycles. The van der Waals surface area contributed by atoms with Gasteiger partial charge in [0.1, 0.15) is 5.75 Å². The second-order valence-electron chi connectivity index (χ2n) is 6.20. The van der Waals surface area contributed by atoms with Gasteiger partial charge in [0.25, 0.3) is 5.91 Å². The summed E-state index contributed by atoms with van der Waals surface area (Å²) in [5.74, 6) is 0.719. The third kappa shape index (κ3) is 3.56. The molecule has 0 saturated heterocycles. The molecule has 1 fully saturated rings. The van der Waals surface area contributed by atoms with Gasteiger partial charge in [-0.3, -0.25) is 4.79 Å². The van der Waals surface area contributed by atoms with E-state index in [1.54, 1.807) is 0 Å². The highest BCUT2D eigenvalue weighted by Crippen LogP contribution is 2.30. The Balaban J connectivity index is 1.55. The molecule has 114 valence electrons. The molecule has 21 heavy (non-hydrogen) atoms. The van der Waals surface area contributed by atoms with Crippen molar-refractivity contribution in [2.24, 2.45) is 5.73 Å². The van der Waals surface area contributed by atoms with Crippen LogP contribution < -0.4 is 15.8 Å². The number of nitrogens with one attached hydrogen (secondary N) is 1. The zero-order valence-corrected chi connectivity index (χ0v) is 12.4. The van der Waals surface area contributed by atoms with Crippen molar-refractivity contribution in [2.45, 2.75) is 57.0 Å². The lowest BCUT2D eigenvalue weighted by molar-refractivity contribution is -0.123. The first kappa shape index (κ1) is 14.4. The van der Waals surface area contributed by atoms with E-state index in [9.17, 15) is 4.79 Å². The number of carbonyl (C=O) groups is 1. The third-order valence-corrected chi connectivity index (χ3v) is 4.57. The molecule has 0 aliphatic heterocycles. The van der Waals surface area contributed by atoms with Crippen LogP contribution in [0, 0.1) is 0 Å². The summed E-state index contributed by atoms with van der Waals surface area (Å²) in [4.78, 5) is 11.9. The summed E-state index contributed by atoms with van der Waals surface area (Å²) in [5, 5.41) is 3.03. The monoisotopic (exact) mass is 288 g/mol. The number of nitrogens with two attached hydrogens (primary N) is 1. The Morgan fingerprint density at radius 2 is 2.05 bits per heavy atom. The fourth-order valence-corrected chi connectivity index (χ4v) is 3.39. The lowest BCUT2D eigenvalue weighted by Crippen LogP contribution is -2.36.